The van der Waals surface area contributed by atoms with E-state index in [1.54, 1.807) is 18.2 Å². The molecule has 1 heterocycles. The number of fused-ring (bicyclic) bond motifs is 1. The van der Waals surface area contributed by atoms with E-state index < -0.39 is 5.91 Å². The minimum absolute atomic E-state index is 0.104. The van der Waals surface area contributed by atoms with Crippen molar-refractivity contribution < 1.29 is 4.79 Å². The van der Waals surface area contributed by atoms with Crippen molar-refractivity contribution in [3.8, 4) is 0 Å². The lowest BCUT2D eigenvalue weighted by atomic mass is 9.98. The molecule has 3 aromatic carbocycles. The molecule has 156 valence electrons. The van der Waals surface area contributed by atoms with Crippen LogP contribution in [0.25, 0.3) is 10.9 Å². The third-order valence-electron chi connectivity index (χ3n) is 5.26. The maximum atomic E-state index is 13.0. The Labute approximate surface area is 180 Å². The first-order valence-electron chi connectivity index (χ1n) is 10.1. The summed E-state index contributed by atoms with van der Waals surface area (Å²) in [6.07, 6.45) is 0. The van der Waals surface area contributed by atoms with E-state index in [1.165, 1.54) is 10.1 Å². The summed E-state index contributed by atoms with van der Waals surface area (Å²) < 4.78 is 1.36. The van der Waals surface area contributed by atoms with Gasteiger partial charge in [0.2, 0.25) is 5.91 Å². The van der Waals surface area contributed by atoms with Crippen LogP contribution in [0.4, 0.5) is 0 Å². The second-order valence-corrected chi connectivity index (χ2v) is 7.54. The molecule has 31 heavy (non-hydrogen) atoms. The van der Waals surface area contributed by atoms with E-state index in [2.05, 4.69) is 53.6 Å². The quantitative estimate of drug-likeness (QED) is 0.488. The highest BCUT2D eigenvalue weighted by molar-refractivity contribution is 5.78. The first kappa shape index (κ1) is 20.5. The molecule has 1 aromatic heterocycles. The van der Waals surface area contributed by atoms with E-state index in [0.717, 1.165) is 11.1 Å². The van der Waals surface area contributed by atoms with Crippen LogP contribution in [0.5, 0.6) is 0 Å². The molecule has 0 saturated heterocycles. The van der Waals surface area contributed by atoms with Crippen molar-refractivity contribution in [3.63, 3.8) is 0 Å². The Hall–Kier alpha value is -3.77. The molecule has 0 bridgehead atoms. The fourth-order valence-corrected chi connectivity index (χ4v) is 3.69. The molecule has 4 aromatic rings. The first-order chi connectivity index (χ1) is 15.0. The van der Waals surface area contributed by atoms with Gasteiger partial charge in [-0.05, 0) is 30.2 Å². The van der Waals surface area contributed by atoms with E-state index in [4.69, 9.17) is 5.73 Å². The molecule has 0 fully saturated rings. The SMILES string of the molecule is Cc1ccc([C@H](NCc2nc3ccccc3c(=O)n2CC(N)=O)c2ccccc2)cc1. The highest BCUT2D eigenvalue weighted by Gasteiger charge is 2.17. The van der Waals surface area contributed by atoms with E-state index >= 15 is 0 Å². The number of aromatic nitrogens is 2. The summed E-state index contributed by atoms with van der Waals surface area (Å²) in [5.74, 6) is -0.117. The lowest BCUT2D eigenvalue weighted by Gasteiger charge is -2.21. The highest BCUT2D eigenvalue weighted by Crippen LogP contribution is 2.23. The van der Waals surface area contributed by atoms with Crippen molar-refractivity contribution in [2.45, 2.75) is 26.1 Å². The van der Waals surface area contributed by atoms with Gasteiger partial charge in [-0.25, -0.2) is 4.98 Å². The molecular weight excluding hydrogens is 388 g/mol. The van der Waals surface area contributed by atoms with Crippen LogP contribution in [0.2, 0.25) is 0 Å². The van der Waals surface area contributed by atoms with Crippen LogP contribution in [0.15, 0.2) is 83.7 Å². The minimum Gasteiger partial charge on any atom is -0.368 e. The number of nitrogens with one attached hydrogen (secondary N) is 1. The van der Waals surface area contributed by atoms with Gasteiger partial charge in [-0.3, -0.25) is 19.5 Å². The Bertz CT molecular complexity index is 1260. The fraction of sp³-hybridized carbons (Fsp3) is 0.160. The number of rotatable bonds is 7. The number of benzene rings is 3. The van der Waals surface area contributed by atoms with Crippen LogP contribution in [0.3, 0.4) is 0 Å². The van der Waals surface area contributed by atoms with Gasteiger partial charge in [0.1, 0.15) is 12.4 Å². The predicted octanol–water partition coefficient (Wildman–Crippen LogP) is 3.07. The number of hydrogen-bond donors (Lipinski definition) is 2. The Morgan fingerprint density at radius 1 is 0.968 bits per heavy atom. The molecule has 1 atom stereocenters. The predicted molar refractivity (Wildman–Crippen MR) is 122 cm³/mol. The molecule has 0 aliphatic heterocycles. The molecule has 1 amide bonds. The molecule has 4 rings (SSSR count). The van der Waals surface area contributed by atoms with Gasteiger partial charge in [0.15, 0.2) is 0 Å². The van der Waals surface area contributed by atoms with Gasteiger partial charge in [0, 0.05) is 0 Å². The zero-order valence-electron chi connectivity index (χ0n) is 17.3. The van der Waals surface area contributed by atoms with Crippen LogP contribution in [0.1, 0.15) is 28.6 Å². The van der Waals surface area contributed by atoms with Crippen LogP contribution >= 0.6 is 0 Å². The Morgan fingerprint density at radius 2 is 1.61 bits per heavy atom. The van der Waals surface area contributed by atoms with E-state index in [9.17, 15) is 9.59 Å². The van der Waals surface area contributed by atoms with Gasteiger partial charge in [0.25, 0.3) is 5.56 Å². The number of aryl methyl sites for hydroxylation is 1. The number of hydrogen-bond acceptors (Lipinski definition) is 4. The molecule has 0 spiro atoms. The van der Waals surface area contributed by atoms with E-state index in [1.807, 2.05) is 24.3 Å². The summed E-state index contributed by atoms with van der Waals surface area (Å²) in [6.45, 7) is 2.13. The normalized spacial score (nSPS) is 12.0. The summed E-state index contributed by atoms with van der Waals surface area (Å²) >= 11 is 0. The van der Waals surface area contributed by atoms with Gasteiger partial charge in [-0.2, -0.15) is 0 Å². The number of carbonyl (C=O) groups excluding carboxylic acids is 1. The highest BCUT2D eigenvalue weighted by atomic mass is 16.2. The van der Waals surface area contributed by atoms with Crippen LogP contribution in [-0.4, -0.2) is 15.5 Å². The smallest absolute Gasteiger partial charge is 0.261 e. The molecular formula is C25H24N4O2. The van der Waals surface area contributed by atoms with Gasteiger partial charge in [0.05, 0.1) is 23.5 Å². The van der Waals surface area contributed by atoms with E-state index in [0.29, 0.717) is 23.3 Å². The molecule has 0 aliphatic rings. The molecule has 0 saturated carbocycles. The number of carbonyl (C=O) groups is 1. The zero-order valence-corrected chi connectivity index (χ0v) is 17.3. The molecule has 0 radical (unpaired) electrons. The lowest BCUT2D eigenvalue weighted by Crippen LogP contribution is -2.34. The topological polar surface area (TPSA) is 90.0 Å². The number of amides is 1. The summed E-state index contributed by atoms with van der Waals surface area (Å²) in [4.78, 5) is 29.3. The van der Waals surface area contributed by atoms with Crippen molar-refractivity contribution in [2.24, 2.45) is 5.73 Å². The lowest BCUT2D eigenvalue weighted by molar-refractivity contribution is -0.118. The second kappa shape index (κ2) is 8.93. The molecule has 0 aliphatic carbocycles. The zero-order chi connectivity index (χ0) is 21.8. The van der Waals surface area contributed by atoms with Crippen LogP contribution in [-0.2, 0) is 17.9 Å². The first-order valence-corrected chi connectivity index (χ1v) is 10.1. The van der Waals surface area contributed by atoms with Crippen molar-refractivity contribution in [3.05, 3.63) is 112 Å². The Kier molecular flexibility index (Phi) is 5.91. The fourth-order valence-electron chi connectivity index (χ4n) is 3.69. The summed E-state index contributed by atoms with van der Waals surface area (Å²) in [5.41, 5.74) is 9.11. The molecule has 6 nitrogen and oxygen atoms in total. The van der Waals surface area contributed by atoms with Crippen molar-refractivity contribution in [1.29, 1.82) is 0 Å². The average molecular weight is 412 g/mol. The largest absolute Gasteiger partial charge is 0.368 e. The van der Waals surface area contributed by atoms with Crippen molar-refractivity contribution in [1.82, 2.24) is 14.9 Å². The van der Waals surface area contributed by atoms with Crippen molar-refractivity contribution in [2.75, 3.05) is 0 Å². The van der Waals surface area contributed by atoms with Crippen LogP contribution in [0, 0.1) is 6.92 Å². The number of para-hydroxylation sites is 1. The van der Waals surface area contributed by atoms with Gasteiger partial charge in [-0.1, -0.05) is 72.3 Å². The maximum absolute atomic E-state index is 13.0. The Balaban J connectivity index is 1.73. The third-order valence-corrected chi connectivity index (χ3v) is 5.26. The second-order valence-electron chi connectivity index (χ2n) is 7.54. The minimum atomic E-state index is -0.585. The standard InChI is InChI=1S/C25H24N4O2/c1-17-11-13-19(14-12-17)24(18-7-3-2-4-8-18)27-15-23-28-21-10-6-5-9-20(21)25(31)29(23)16-22(26)30/h2-14,24,27H,15-16H2,1H3,(H2,26,30)/t24-/m1/s1. The van der Waals surface area contributed by atoms with Gasteiger partial charge in [-0.15, -0.1) is 0 Å². The van der Waals surface area contributed by atoms with Gasteiger partial charge >= 0.3 is 0 Å². The molecule has 3 N–H and O–H groups in total. The Morgan fingerprint density at radius 3 is 2.32 bits per heavy atom. The maximum Gasteiger partial charge on any atom is 0.261 e. The summed E-state index contributed by atoms with van der Waals surface area (Å²) in [6, 6.07) is 25.4. The molecule has 6 heteroatoms. The number of nitrogens with two attached hydrogens (primary N) is 1. The average Bonchev–Trinajstić information content (AvgIpc) is 2.78. The van der Waals surface area contributed by atoms with Crippen LogP contribution < -0.4 is 16.6 Å². The summed E-state index contributed by atoms with van der Waals surface area (Å²) in [7, 11) is 0. The number of nitrogens with zero attached hydrogens (tertiary/aromatic N) is 2. The monoisotopic (exact) mass is 412 g/mol. The third kappa shape index (κ3) is 4.54. The summed E-state index contributed by atoms with van der Waals surface area (Å²) in [5, 5.41) is 3.98. The van der Waals surface area contributed by atoms with Crippen molar-refractivity contribution >= 4 is 16.8 Å². The van der Waals surface area contributed by atoms with Gasteiger partial charge < -0.3 is 5.73 Å². The number of primary amides is 1. The molecule has 0 unspecified atom stereocenters. The van der Waals surface area contributed by atoms with E-state index in [-0.39, 0.29) is 18.1 Å².